The molecule has 2 aliphatic carbocycles. The predicted octanol–water partition coefficient (Wildman–Crippen LogP) is 2.59. The van der Waals surface area contributed by atoms with Crippen molar-refractivity contribution < 1.29 is 14.6 Å². The maximum Gasteiger partial charge on any atom is 0.309 e. The van der Waals surface area contributed by atoms with Crippen LogP contribution in [0.15, 0.2) is 0 Å². The molecule has 3 heteroatoms. The SMILES string of the molecule is O=C(O)C1CCCCCC1OC1CCC1. The monoisotopic (exact) mass is 212 g/mol. The highest BCUT2D eigenvalue weighted by Crippen LogP contribution is 2.31. The number of carboxylic acid groups (broad SMARTS) is 1. The van der Waals surface area contributed by atoms with Crippen LogP contribution in [0.25, 0.3) is 0 Å². The molecule has 0 spiro atoms. The van der Waals surface area contributed by atoms with Gasteiger partial charge in [-0.15, -0.1) is 0 Å². The molecule has 0 aromatic rings. The van der Waals surface area contributed by atoms with Gasteiger partial charge >= 0.3 is 5.97 Å². The number of aliphatic carboxylic acids is 1. The second kappa shape index (κ2) is 4.97. The molecule has 0 saturated heterocycles. The average Bonchev–Trinajstić information content (AvgIpc) is 2.36. The van der Waals surface area contributed by atoms with E-state index in [0.717, 1.165) is 44.9 Å². The third-order valence-electron chi connectivity index (χ3n) is 3.69. The fraction of sp³-hybridized carbons (Fsp3) is 0.917. The molecular formula is C12H20O3. The van der Waals surface area contributed by atoms with Crippen LogP contribution in [0, 0.1) is 5.92 Å². The Labute approximate surface area is 90.8 Å². The van der Waals surface area contributed by atoms with E-state index in [-0.39, 0.29) is 12.0 Å². The molecule has 0 radical (unpaired) electrons. The zero-order chi connectivity index (χ0) is 10.7. The lowest BCUT2D eigenvalue weighted by Crippen LogP contribution is -2.35. The zero-order valence-corrected chi connectivity index (χ0v) is 9.15. The smallest absolute Gasteiger partial charge is 0.309 e. The van der Waals surface area contributed by atoms with Gasteiger partial charge in [0.1, 0.15) is 0 Å². The Morgan fingerprint density at radius 3 is 2.33 bits per heavy atom. The van der Waals surface area contributed by atoms with Crippen LogP contribution in [0.5, 0.6) is 0 Å². The molecule has 2 saturated carbocycles. The molecule has 2 aliphatic rings. The number of carboxylic acids is 1. The highest BCUT2D eigenvalue weighted by Gasteiger charge is 2.33. The Balaban J connectivity index is 1.92. The molecule has 86 valence electrons. The molecule has 2 fully saturated rings. The van der Waals surface area contributed by atoms with Crippen molar-refractivity contribution >= 4 is 5.97 Å². The summed E-state index contributed by atoms with van der Waals surface area (Å²) >= 11 is 0. The van der Waals surface area contributed by atoms with Crippen molar-refractivity contribution in [3.63, 3.8) is 0 Å². The first kappa shape index (κ1) is 10.9. The van der Waals surface area contributed by atoms with E-state index < -0.39 is 5.97 Å². The summed E-state index contributed by atoms with van der Waals surface area (Å²) in [5, 5.41) is 9.16. The normalized spacial score (nSPS) is 33.1. The predicted molar refractivity (Wildman–Crippen MR) is 56.7 cm³/mol. The Morgan fingerprint density at radius 2 is 1.73 bits per heavy atom. The summed E-state index contributed by atoms with van der Waals surface area (Å²) in [5.74, 6) is -0.922. The average molecular weight is 212 g/mol. The molecule has 2 unspecified atom stereocenters. The first-order chi connectivity index (χ1) is 7.27. The standard InChI is InChI=1S/C12H20O3/c13-12(14)10-7-2-1-3-8-11(10)15-9-5-4-6-9/h9-11H,1-8H2,(H,13,14). The lowest BCUT2D eigenvalue weighted by Gasteiger charge is -2.32. The van der Waals surface area contributed by atoms with Crippen LogP contribution in [-0.2, 0) is 9.53 Å². The molecule has 0 aliphatic heterocycles. The fourth-order valence-electron chi connectivity index (χ4n) is 2.47. The summed E-state index contributed by atoms with van der Waals surface area (Å²) in [6.07, 6.45) is 8.91. The van der Waals surface area contributed by atoms with E-state index in [4.69, 9.17) is 9.84 Å². The first-order valence-corrected chi connectivity index (χ1v) is 6.15. The van der Waals surface area contributed by atoms with Gasteiger partial charge in [-0.2, -0.15) is 0 Å². The topological polar surface area (TPSA) is 46.5 Å². The van der Waals surface area contributed by atoms with Gasteiger partial charge in [-0.05, 0) is 32.1 Å². The van der Waals surface area contributed by atoms with Crippen LogP contribution in [0.1, 0.15) is 51.4 Å². The third kappa shape index (κ3) is 2.71. The molecule has 15 heavy (non-hydrogen) atoms. The molecule has 2 atom stereocenters. The summed E-state index contributed by atoms with van der Waals surface area (Å²) in [7, 11) is 0. The van der Waals surface area contributed by atoms with E-state index in [9.17, 15) is 4.79 Å². The first-order valence-electron chi connectivity index (χ1n) is 6.15. The van der Waals surface area contributed by atoms with Gasteiger partial charge in [0, 0.05) is 0 Å². The summed E-state index contributed by atoms with van der Waals surface area (Å²) < 4.78 is 5.90. The van der Waals surface area contributed by atoms with Crippen LogP contribution in [0.4, 0.5) is 0 Å². The van der Waals surface area contributed by atoms with Crippen molar-refractivity contribution in [2.75, 3.05) is 0 Å². The minimum absolute atomic E-state index is 0.0182. The molecule has 0 amide bonds. The number of hydrogen-bond acceptors (Lipinski definition) is 2. The number of carbonyl (C=O) groups is 1. The van der Waals surface area contributed by atoms with Crippen LogP contribution < -0.4 is 0 Å². The molecule has 2 rings (SSSR count). The summed E-state index contributed by atoms with van der Waals surface area (Å²) in [6.45, 7) is 0. The molecule has 0 heterocycles. The van der Waals surface area contributed by atoms with Crippen LogP contribution >= 0.6 is 0 Å². The number of rotatable bonds is 3. The molecule has 0 aromatic heterocycles. The molecule has 0 bridgehead atoms. The van der Waals surface area contributed by atoms with Gasteiger partial charge in [0.15, 0.2) is 0 Å². The van der Waals surface area contributed by atoms with Crippen molar-refractivity contribution in [1.29, 1.82) is 0 Å². The maximum absolute atomic E-state index is 11.1. The van der Waals surface area contributed by atoms with Gasteiger partial charge in [0.05, 0.1) is 18.1 Å². The lowest BCUT2D eigenvalue weighted by atomic mass is 9.93. The Bertz CT molecular complexity index is 223. The lowest BCUT2D eigenvalue weighted by molar-refractivity contribution is -0.152. The van der Waals surface area contributed by atoms with Crippen LogP contribution in [-0.4, -0.2) is 23.3 Å². The minimum Gasteiger partial charge on any atom is -0.481 e. The van der Waals surface area contributed by atoms with Gasteiger partial charge < -0.3 is 9.84 Å². The van der Waals surface area contributed by atoms with Gasteiger partial charge in [-0.25, -0.2) is 0 Å². The fourth-order valence-corrected chi connectivity index (χ4v) is 2.47. The van der Waals surface area contributed by atoms with Crippen molar-refractivity contribution in [1.82, 2.24) is 0 Å². The van der Waals surface area contributed by atoms with Crippen LogP contribution in [0.2, 0.25) is 0 Å². The maximum atomic E-state index is 11.1. The highest BCUT2D eigenvalue weighted by molar-refractivity contribution is 5.70. The third-order valence-corrected chi connectivity index (χ3v) is 3.69. The van der Waals surface area contributed by atoms with E-state index >= 15 is 0 Å². The molecule has 3 nitrogen and oxygen atoms in total. The van der Waals surface area contributed by atoms with E-state index in [1.807, 2.05) is 0 Å². The van der Waals surface area contributed by atoms with Crippen molar-refractivity contribution in [2.45, 2.75) is 63.6 Å². The minimum atomic E-state index is -0.666. The second-order valence-electron chi connectivity index (χ2n) is 4.81. The Morgan fingerprint density at radius 1 is 1.00 bits per heavy atom. The Hall–Kier alpha value is -0.570. The van der Waals surface area contributed by atoms with Gasteiger partial charge in [-0.3, -0.25) is 4.79 Å². The molecular weight excluding hydrogens is 192 g/mol. The van der Waals surface area contributed by atoms with Gasteiger partial charge in [0.2, 0.25) is 0 Å². The summed E-state index contributed by atoms with van der Waals surface area (Å²) in [6, 6.07) is 0. The quantitative estimate of drug-likeness (QED) is 0.731. The van der Waals surface area contributed by atoms with Gasteiger partial charge in [-0.1, -0.05) is 19.3 Å². The van der Waals surface area contributed by atoms with E-state index in [2.05, 4.69) is 0 Å². The molecule has 1 N–H and O–H groups in total. The summed E-state index contributed by atoms with van der Waals surface area (Å²) in [5.41, 5.74) is 0. The van der Waals surface area contributed by atoms with E-state index in [0.29, 0.717) is 6.10 Å². The van der Waals surface area contributed by atoms with Gasteiger partial charge in [0.25, 0.3) is 0 Å². The summed E-state index contributed by atoms with van der Waals surface area (Å²) in [4.78, 5) is 11.1. The second-order valence-corrected chi connectivity index (χ2v) is 4.81. The van der Waals surface area contributed by atoms with Crippen LogP contribution in [0.3, 0.4) is 0 Å². The molecule has 0 aromatic carbocycles. The van der Waals surface area contributed by atoms with E-state index in [1.54, 1.807) is 0 Å². The number of hydrogen-bond donors (Lipinski definition) is 1. The number of ether oxygens (including phenoxy) is 1. The Kier molecular flexibility index (Phi) is 3.62. The van der Waals surface area contributed by atoms with E-state index in [1.165, 1.54) is 6.42 Å². The van der Waals surface area contributed by atoms with Crippen molar-refractivity contribution in [2.24, 2.45) is 5.92 Å². The van der Waals surface area contributed by atoms with Crippen molar-refractivity contribution in [3.8, 4) is 0 Å². The highest BCUT2D eigenvalue weighted by atomic mass is 16.5. The zero-order valence-electron chi connectivity index (χ0n) is 9.15. The largest absolute Gasteiger partial charge is 0.481 e. The van der Waals surface area contributed by atoms with Crippen molar-refractivity contribution in [3.05, 3.63) is 0 Å².